The summed E-state index contributed by atoms with van der Waals surface area (Å²) in [6, 6.07) is 12.4. The Bertz CT molecular complexity index is 1350. The van der Waals surface area contributed by atoms with Gasteiger partial charge in [-0.25, -0.2) is 9.18 Å². The smallest absolute Gasteiger partial charge is 0.336 e. The van der Waals surface area contributed by atoms with Crippen LogP contribution in [0.15, 0.2) is 53.5 Å². The number of aromatic carboxylic acids is 1. The number of nitrogens with zero attached hydrogens (tertiary/aromatic N) is 2. The number of hydrogen-bond donors (Lipinski definition) is 1. The summed E-state index contributed by atoms with van der Waals surface area (Å²) in [5.41, 5.74) is 5.00. The van der Waals surface area contributed by atoms with Crippen LogP contribution in [-0.2, 0) is 6.54 Å². The average molecular weight is 505 g/mol. The number of carboxylic acids is 1. The molecule has 0 amide bonds. The van der Waals surface area contributed by atoms with Gasteiger partial charge in [-0.1, -0.05) is 12.1 Å². The number of rotatable bonds is 8. The Morgan fingerprint density at radius 1 is 1.08 bits per heavy atom. The van der Waals surface area contributed by atoms with E-state index in [1.54, 1.807) is 17.7 Å². The third-order valence-electron chi connectivity index (χ3n) is 7.56. The summed E-state index contributed by atoms with van der Waals surface area (Å²) in [7, 11) is 0. The Hall–Kier alpha value is -3.45. The van der Waals surface area contributed by atoms with Crippen molar-refractivity contribution in [2.45, 2.75) is 58.0 Å². The maximum Gasteiger partial charge on any atom is 0.336 e. The number of pyridine rings is 1. The van der Waals surface area contributed by atoms with Gasteiger partial charge in [-0.2, -0.15) is 0 Å². The third kappa shape index (κ3) is 5.47. The zero-order valence-corrected chi connectivity index (χ0v) is 21.4. The topological polar surface area (TPSA) is 71.8 Å². The molecule has 1 N–H and O–H groups in total. The summed E-state index contributed by atoms with van der Waals surface area (Å²) in [6.45, 7) is 6.71. The summed E-state index contributed by atoms with van der Waals surface area (Å²) < 4.78 is 21.3. The molecule has 2 aliphatic rings. The minimum atomic E-state index is -1.07. The lowest BCUT2D eigenvalue weighted by Gasteiger charge is -2.33. The zero-order chi connectivity index (χ0) is 26.1. The average Bonchev–Trinajstić information content (AvgIpc) is 3.72. The molecule has 2 aromatic carbocycles. The lowest BCUT2D eigenvalue weighted by atomic mass is 9.93. The maximum atomic E-state index is 13.6. The van der Waals surface area contributed by atoms with Crippen LogP contribution in [0, 0.1) is 12.7 Å². The lowest BCUT2D eigenvalue weighted by Crippen LogP contribution is -2.37. The Labute approximate surface area is 216 Å². The Morgan fingerprint density at radius 2 is 1.78 bits per heavy atom. The van der Waals surface area contributed by atoms with E-state index >= 15 is 0 Å². The maximum absolute atomic E-state index is 13.6. The van der Waals surface area contributed by atoms with Gasteiger partial charge in [0.2, 0.25) is 0 Å². The van der Waals surface area contributed by atoms with Crippen molar-refractivity contribution in [3.63, 3.8) is 0 Å². The van der Waals surface area contributed by atoms with Gasteiger partial charge in [-0.05, 0) is 92.0 Å². The quantitative estimate of drug-likeness (QED) is 0.421. The summed E-state index contributed by atoms with van der Waals surface area (Å²) in [5.74, 6) is 0.0864. The van der Waals surface area contributed by atoms with Gasteiger partial charge < -0.3 is 14.4 Å². The number of piperidine rings is 1. The first-order valence-corrected chi connectivity index (χ1v) is 13.1. The van der Waals surface area contributed by atoms with Gasteiger partial charge in [0.1, 0.15) is 11.6 Å². The molecule has 0 radical (unpaired) electrons. The summed E-state index contributed by atoms with van der Waals surface area (Å²) >= 11 is 0. The van der Waals surface area contributed by atoms with Crippen molar-refractivity contribution in [2.24, 2.45) is 0 Å². The normalized spacial score (nSPS) is 16.6. The van der Waals surface area contributed by atoms with Crippen molar-refractivity contribution in [1.29, 1.82) is 0 Å². The number of hydrogen-bond acceptors (Lipinski definition) is 4. The number of halogens is 1. The molecule has 2 heterocycles. The van der Waals surface area contributed by atoms with Gasteiger partial charge in [-0.15, -0.1) is 0 Å². The van der Waals surface area contributed by atoms with Crippen molar-refractivity contribution in [1.82, 2.24) is 9.47 Å². The fourth-order valence-corrected chi connectivity index (χ4v) is 5.43. The summed E-state index contributed by atoms with van der Waals surface area (Å²) in [5, 5.41) is 9.30. The third-order valence-corrected chi connectivity index (χ3v) is 7.56. The molecule has 0 unspecified atom stereocenters. The van der Waals surface area contributed by atoms with Gasteiger partial charge in [0.25, 0.3) is 5.56 Å². The van der Waals surface area contributed by atoms with Crippen LogP contribution in [-0.4, -0.2) is 40.2 Å². The summed E-state index contributed by atoms with van der Waals surface area (Å²) in [6.07, 6.45) is 5.66. The predicted octanol–water partition coefficient (Wildman–Crippen LogP) is 5.77. The first kappa shape index (κ1) is 25.2. The fraction of sp³-hybridized carbons (Fsp3) is 0.400. The SMILES string of the molecule is CCOc1cc(-c2ccc(F)cc2)c(C2CC2)cc1CN1CCC(n2cc(C)c(C(=O)O)cc2=O)CC1. The molecule has 3 aromatic rings. The number of likely N-dealkylation sites (tertiary alicyclic amines) is 1. The monoisotopic (exact) mass is 504 g/mol. The van der Waals surface area contributed by atoms with Crippen LogP contribution >= 0.6 is 0 Å². The Morgan fingerprint density at radius 3 is 2.41 bits per heavy atom. The van der Waals surface area contributed by atoms with Gasteiger partial charge in [0, 0.05) is 43.5 Å². The van der Waals surface area contributed by atoms with Gasteiger partial charge in [0.05, 0.1) is 12.2 Å². The molecule has 1 aromatic heterocycles. The minimum absolute atomic E-state index is 0.0551. The standard InChI is InChI=1S/C30H33FN2O4/c1-3-37-28-15-27(21-6-8-23(31)9-7-21)26(20-4-5-20)14-22(28)18-32-12-10-24(11-13-32)33-17-19(2)25(30(35)36)16-29(33)34/h6-9,14-17,20,24H,3-5,10-13,18H2,1-2H3,(H,35,36). The van der Waals surface area contributed by atoms with Crippen molar-refractivity contribution in [3.8, 4) is 16.9 Å². The van der Waals surface area contributed by atoms with E-state index in [4.69, 9.17) is 4.74 Å². The van der Waals surface area contributed by atoms with Crippen LogP contribution in [0.2, 0.25) is 0 Å². The van der Waals surface area contributed by atoms with E-state index in [1.165, 1.54) is 36.6 Å². The molecule has 1 aliphatic carbocycles. The van der Waals surface area contributed by atoms with Gasteiger partial charge in [-0.3, -0.25) is 9.69 Å². The van der Waals surface area contributed by atoms with Crippen molar-refractivity contribution < 1.29 is 19.0 Å². The molecule has 7 heteroatoms. The van der Waals surface area contributed by atoms with Gasteiger partial charge in [0.15, 0.2) is 0 Å². The number of aromatic nitrogens is 1. The predicted molar refractivity (Wildman–Crippen MR) is 141 cm³/mol. The number of benzene rings is 2. The lowest BCUT2D eigenvalue weighted by molar-refractivity contribution is 0.0695. The molecule has 37 heavy (non-hydrogen) atoms. The van der Waals surface area contributed by atoms with Crippen LogP contribution in [0.25, 0.3) is 11.1 Å². The zero-order valence-electron chi connectivity index (χ0n) is 21.4. The fourth-order valence-electron chi connectivity index (χ4n) is 5.43. The second-order valence-corrected chi connectivity index (χ2v) is 10.2. The van der Waals surface area contributed by atoms with E-state index in [1.807, 2.05) is 19.1 Å². The van der Waals surface area contributed by atoms with Crippen LogP contribution < -0.4 is 10.3 Å². The Kier molecular flexibility index (Phi) is 7.15. The van der Waals surface area contributed by atoms with E-state index in [2.05, 4.69) is 17.0 Å². The first-order chi connectivity index (χ1) is 17.8. The molecule has 0 spiro atoms. The molecule has 0 bridgehead atoms. The molecule has 2 fully saturated rings. The molecular formula is C30H33FN2O4. The molecule has 6 nitrogen and oxygen atoms in total. The highest BCUT2D eigenvalue weighted by Crippen LogP contribution is 2.46. The van der Waals surface area contributed by atoms with E-state index in [-0.39, 0.29) is 23.0 Å². The van der Waals surface area contributed by atoms with Crippen molar-refractivity contribution in [3.05, 3.63) is 87.1 Å². The van der Waals surface area contributed by atoms with E-state index in [9.17, 15) is 19.1 Å². The van der Waals surface area contributed by atoms with E-state index < -0.39 is 5.97 Å². The number of carboxylic acid groups (broad SMARTS) is 1. The second kappa shape index (κ2) is 10.5. The minimum Gasteiger partial charge on any atom is -0.494 e. The molecule has 1 aliphatic heterocycles. The van der Waals surface area contributed by atoms with E-state index in [0.29, 0.717) is 18.1 Å². The molecule has 1 saturated carbocycles. The number of ether oxygens (including phenoxy) is 1. The van der Waals surface area contributed by atoms with E-state index in [0.717, 1.165) is 54.9 Å². The second-order valence-electron chi connectivity index (χ2n) is 10.2. The summed E-state index contributed by atoms with van der Waals surface area (Å²) in [4.78, 5) is 26.4. The molecule has 5 rings (SSSR count). The first-order valence-electron chi connectivity index (χ1n) is 13.1. The molecule has 194 valence electrons. The number of carbonyl (C=O) groups is 1. The molecular weight excluding hydrogens is 471 g/mol. The molecule has 1 saturated heterocycles. The van der Waals surface area contributed by atoms with Crippen LogP contribution in [0.4, 0.5) is 4.39 Å². The van der Waals surface area contributed by atoms with Crippen LogP contribution in [0.5, 0.6) is 5.75 Å². The van der Waals surface area contributed by atoms with Crippen LogP contribution in [0.1, 0.15) is 71.6 Å². The highest BCUT2D eigenvalue weighted by atomic mass is 19.1. The largest absolute Gasteiger partial charge is 0.494 e. The van der Waals surface area contributed by atoms with Crippen LogP contribution in [0.3, 0.4) is 0 Å². The van der Waals surface area contributed by atoms with Gasteiger partial charge >= 0.3 is 5.97 Å². The highest BCUT2D eigenvalue weighted by molar-refractivity contribution is 5.89. The number of aryl methyl sites for hydroxylation is 1. The Balaban J connectivity index is 1.35. The van der Waals surface area contributed by atoms with Crippen molar-refractivity contribution >= 4 is 5.97 Å². The molecule has 0 atom stereocenters. The van der Waals surface area contributed by atoms with Crippen molar-refractivity contribution in [2.75, 3.05) is 19.7 Å². The highest BCUT2D eigenvalue weighted by Gasteiger charge is 2.29.